The number of carboxylic acids is 1. The fourth-order valence-electron chi connectivity index (χ4n) is 3.70. The Hall–Kier alpha value is -2.49. The van der Waals surface area contributed by atoms with Crippen LogP contribution in [0.1, 0.15) is 56.1 Å². The van der Waals surface area contributed by atoms with Crippen LogP contribution < -0.4 is 9.47 Å². The van der Waals surface area contributed by atoms with Crippen LogP contribution >= 0.6 is 0 Å². The number of aliphatic carboxylic acids is 1. The first kappa shape index (κ1) is 20.2. The molecule has 0 aliphatic heterocycles. The van der Waals surface area contributed by atoms with Gasteiger partial charge in [0.05, 0.1) is 19.1 Å². The highest BCUT2D eigenvalue weighted by Gasteiger charge is 2.16. The molecule has 4 heteroatoms. The lowest BCUT2D eigenvalue weighted by Gasteiger charge is -2.12. The van der Waals surface area contributed by atoms with Crippen molar-refractivity contribution in [2.45, 2.75) is 51.4 Å². The number of carboxylic acid groups (broad SMARTS) is 1. The lowest BCUT2D eigenvalue weighted by Crippen LogP contribution is -2.12. The van der Waals surface area contributed by atoms with Crippen LogP contribution in [0, 0.1) is 5.92 Å². The van der Waals surface area contributed by atoms with E-state index in [-0.39, 0.29) is 5.92 Å². The Bertz CT molecular complexity index is 730. The lowest BCUT2D eigenvalue weighted by atomic mass is 9.98. The third kappa shape index (κ3) is 6.01. The standard InChI is InChI=1S/C24H30O4/c1-18(24(25)26)17-19-7-11-22(12-8-19)27-15-4-16-28-23-13-9-21(10-14-23)20-5-2-3-6-20/h7-14,18,20H,2-6,15-17H2,1H3,(H,25,26). The van der Waals surface area contributed by atoms with Crippen LogP contribution in [-0.2, 0) is 11.2 Å². The van der Waals surface area contributed by atoms with Gasteiger partial charge in [0.25, 0.3) is 0 Å². The van der Waals surface area contributed by atoms with Crippen molar-refractivity contribution in [1.29, 1.82) is 0 Å². The van der Waals surface area contributed by atoms with Gasteiger partial charge in [0.15, 0.2) is 0 Å². The van der Waals surface area contributed by atoms with Crippen LogP contribution in [0.25, 0.3) is 0 Å². The molecule has 1 aliphatic carbocycles. The van der Waals surface area contributed by atoms with E-state index in [4.69, 9.17) is 14.6 Å². The van der Waals surface area contributed by atoms with Crippen molar-refractivity contribution in [3.05, 3.63) is 59.7 Å². The quantitative estimate of drug-likeness (QED) is 0.555. The first-order valence-corrected chi connectivity index (χ1v) is 10.3. The molecule has 0 bridgehead atoms. The highest BCUT2D eigenvalue weighted by molar-refractivity contribution is 5.69. The fraction of sp³-hybridized carbons (Fsp3) is 0.458. The second-order valence-corrected chi connectivity index (χ2v) is 7.69. The van der Waals surface area contributed by atoms with E-state index in [1.807, 2.05) is 24.3 Å². The normalized spacial score (nSPS) is 15.3. The maximum Gasteiger partial charge on any atom is 0.306 e. The molecule has 28 heavy (non-hydrogen) atoms. The molecule has 150 valence electrons. The van der Waals surface area contributed by atoms with E-state index < -0.39 is 5.97 Å². The van der Waals surface area contributed by atoms with Crippen LogP contribution in [0.2, 0.25) is 0 Å². The SMILES string of the molecule is CC(Cc1ccc(OCCCOc2ccc(C3CCCC3)cc2)cc1)C(=O)O. The molecule has 0 radical (unpaired) electrons. The van der Waals surface area contributed by atoms with Gasteiger partial charge in [-0.1, -0.05) is 44.0 Å². The fourth-order valence-corrected chi connectivity index (χ4v) is 3.70. The summed E-state index contributed by atoms with van der Waals surface area (Å²) in [5, 5.41) is 8.97. The van der Waals surface area contributed by atoms with E-state index in [0.29, 0.717) is 19.6 Å². The van der Waals surface area contributed by atoms with Gasteiger partial charge < -0.3 is 14.6 Å². The number of rotatable bonds is 10. The minimum Gasteiger partial charge on any atom is -0.493 e. The average Bonchev–Trinajstić information content (AvgIpc) is 3.24. The molecule has 1 unspecified atom stereocenters. The Kier molecular flexibility index (Phi) is 7.35. The summed E-state index contributed by atoms with van der Waals surface area (Å²) in [7, 11) is 0. The maximum atomic E-state index is 10.9. The minimum absolute atomic E-state index is 0.379. The third-order valence-electron chi connectivity index (χ3n) is 5.42. The largest absolute Gasteiger partial charge is 0.493 e. The number of ether oxygens (including phenoxy) is 2. The lowest BCUT2D eigenvalue weighted by molar-refractivity contribution is -0.141. The Labute approximate surface area is 167 Å². The van der Waals surface area contributed by atoms with E-state index >= 15 is 0 Å². The molecule has 0 aromatic heterocycles. The number of carbonyl (C=O) groups is 1. The summed E-state index contributed by atoms with van der Waals surface area (Å²) in [6.45, 7) is 2.93. The van der Waals surface area contributed by atoms with Crippen molar-refractivity contribution in [1.82, 2.24) is 0 Å². The van der Waals surface area contributed by atoms with E-state index in [2.05, 4.69) is 24.3 Å². The molecule has 3 rings (SSSR count). The van der Waals surface area contributed by atoms with Gasteiger partial charge in [-0.15, -0.1) is 0 Å². The zero-order valence-electron chi connectivity index (χ0n) is 16.6. The van der Waals surface area contributed by atoms with Gasteiger partial charge in [-0.2, -0.15) is 0 Å². The van der Waals surface area contributed by atoms with Crippen LogP contribution in [0.4, 0.5) is 0 Å². The van der Waals surface area contributed by atoms with E-state index in [9.17, 15) is 4.79 Å². The highest BCUT2D eigenvalue weighted by Crippen LogP contribution is 2.34. The number of benzene rings is 2. The molecule has 2 aromatic carbocycles. The summed E-state index contributed by atoms with van der Waals surface area (Å²) in [5.41, 5.74) is 2.45. The Morgan fingerprint density at radius 1 is 0.964 bits per heavy atom. The van der Waals surface area contributed by atoms with Crippen LogP contribution in [0.5, 0.6) is 11.5 Å². The number of hydrogen-bond donors (Lipinski definition) is 1. The second kappa shape index (κ2) is 10.2. The molecule has 0 spiro atoms. The molecule has 1 atom stereocenters. The summed E-state index contributed by atoms with van der Waals surface area (Å²) in [5.74, 6) is 1.30. The van der Waals surface area contributed by atoms with E-state index in [1.54, 1.807) is 6.92 Å². The van der Waals surface area contributed by atoms with Crippen LogP contribution in [0.15, 0.2) is 48.5 Å². The van der Waals surface area contributed by atoms with Crippen LogP contribution in [0.3, 0.4) is 0 Å². The van der Waals surface area contributed by atoms with Gasteiger partial charge in [0.2, 0.25) is 0 Å². The molecule has 0 saturated heterocycles. The zero-order chi connectivity index (χ0) is 19.8. The minimum atomic E-state index is -0.770. The molecule has 0 heterocycles. The summed E-state index contributed by atoms with van der Waals surface area (Å²) in [6.07, 6.45) is 6.68. The van der Waals surface area contributed by atoms with Crippen molar-refractivity contribution < 1.29 is 19.4 Å². The van der Waals surface area contributed by atoms with Crippen molar-refractivity contribution in [3.63, 3.8) is 0 Å². The molecule has 4 nitrogen and oxygen atoms in total. The number of hydrogen-bond acceptors (Lipinski definition) is 3. The Morgan fingerprint density at radius 3 is 2.04 bits per heavy atom. The van der Waals surface area contributed by atoms with E-state index in [1.165, 1.54) is 31.2 Å². The smallest absolute Gasteiger partial charge is 0.306 e. The Balaban J connectivity index is 1.33. The van der Waals surface area contributed by atoms with Gasteiger partial charge in [0, 0.05) is 6.42 Å². The molecular weight excluding hydrogens is 352 g/mol. The first-order valence-electron chi connectivity index (χ1n) is 10.3. The van der Waals surface area contributed by atoms with Gasteiger partial charge in [-0.3, -0.25) is 4.79 Å². The molecule has 1 saturated carbocycles. The molecular formula is C24H30O4. The zero-order valence-corrected chi connectivity index (χ0v) is 16.6. The van der Waals surface area contributed by atoms with Crippen LogP contribution in [-0.4, -0.2) is 24.3 Å². The first-order chi connectivity index (χ1) is 13.6. The summed E-state index contributed by atoms with van der Waals surface area (Å²) in [6, 6.07) is 16.2. The highest BCUT2D eigenvalue weighted by atomic mass is 16.5. The maximum absolute atomic E-state index is 10.9. The summed E-state index contributed by atoms with van der Waals surface area (Å²) >= 11 is 0. The molecule has 1 fully saturated rings. The molecule has 1 N–H and O–H groups in total. The van der Waals surface area contributed by atoms with Gasteiger partial charge in [-0.05, 0) is 60.6 Å². The summed E-state index contributed by atoms with van der Waals surface area (Å²) in [4.78, 5) is 10.9. The van der Waals surface area contributed by atoms with Crippen molar-refractivity contribution >= 4 is 5.97 Å². The Morgan fingerprint density at radius 2 is 1.50 bits per heavy atom. The van der Waals surface area contributed by atoms with Crippen molar-refractivity contribution in [3.8, 4) is 11.5 Å². The van der Waals surface area contributed by atoms with Gasteiger partial charge in [-0.25, -0.2) is 0 Å². The second-order valence-electron chi connectivity index (χ2n) is 7.69. The van der Waals surface area contributed by atoms with Gasteiger partial charge in [0.1, 0.15) is 11.5 Å². The predicted molar refractivity (Wildman–Crippen MR) is 110 cm³/mol. The van der Waals surface area contributed by atoms with Crippen molar-refractivity contribution in [2.75, 3.05) is 13.2 Å². The summed E-state index contributed by atoms with van der Waals surface area (Å²) < 4.78 is 11.6. The molecule has 0 amide bonds. The topological polar surface area (TPSA) is 55.8 Å². The average molecular weight is 383 g/mol. The molecule has 2 aromatic rings. The third-order valence-corrected chi connectivity index (χ3v) is 5.42. The van der Waals surface area contributed by atoms with Gasteiger partial charge >= 0.3 is 5.97 Å². The molecule has 1 aliphatic rings. The van der Waals surface area contributed by atoms with Crippen molar-refractivity contribution in [2.24, 2.45) is 5.92 Å². The monoisotopic (exact) mass is 382 g/mol. The predicted octanol–water partition coefficient (Wildman–Crippen LogP) is 5.46. The van der Waals surface area contributed by atoms with E-state index in [0.717, 1.165) is 29.4 Å².